The van der Waals surface area contributed by atoms with Gasteiger partial charge >= 0.3 is 6.18 Å². The molecule has 1 aromatic carbocycles. The molecule has 0 bridgehead atoms. The van der Waals surface area contributed by atoms with Crippen molar-refractivity contribution in [3.8, 4) is 17.1 Å². The van der Waals surface area contributed by atoms with Gasteiger partial charge in [0.1, 0.15) is 18.6 Å². The molecule has 37 heavy (non-hydrogen) atoms. The number of alkyl halides is 3. The first kappa shape index (κ1) is 27.3. The Morgan fingerprint density at radius 1 is 1.24 bits per heavy atom. The molecule has 1 saturated carbocycles. The Bertz CT molecular complexity index is 1040. The summed E-state index contributed by atoms with van der Waals surface area (Å²) in [5.74, 6) is 0.211. The van der Waals surface area contributed by atoms with E-state index in [9.17, 15) is 18.0 Å². The highest BCUT2D eigenvalue weighted by molar-refractivity contribution is 5.77. The minimum Gasteiger partial charge on any atom is -0.493 e. The van der Waals surface area contributed by atoms with Crippen LogP contribution in [0.2, 0.25) is 0 Å². The standard InChI is InChI=1S/C25H34F3N5O4/c1-35-15-21(34)30-24(29)33-12-5-8-19(33)23-31-22(32-37-23)17-9-10-20(18(14-17)25(26,27)28)36-13-11-16-6-3-2-4-7-16/h9-10,14,16,19,24H,2-8,11-13,15,29H2,1H3,(H,30,34). The zero-order valence-electron chi connectivity index (χ0n) is 20.9. The van der Waals surface area contributed by atoms with Crippen molar-refractivity contribution in [3.63, 3.8) is 0 Å². The normalized spacial score (nSPS) is 20.2. The molecular weight excluding hydrogens is 491 g/mol. The number of ether oxygens (including phenoxy) is 2. The van der Waals surface area contributed by atoms with E-state index in [4.69, 9.17) is 19.7 Å². The average molecular weight is 526 g/mol. The van der Waals surface area contributed by atoms with E-state index in [0.29, 0.717) is 18.9 Å². The molecule has 2 fully saturated rings. The van der Waals surface area contributed by atoms with Crippen LogP contribution < -0.4 is 15.8 Å². The molecule has 12 heteroatoms. The molecule has 9 nitrogen and oxygen atoms in total. The highest BCUT2D eigenvalue weighted by Crippen LogP contribution is 2.39. The van der Waals surface area contributed by atoms with Crippen molar-refractivity contribution < 1.29 is 32.0 Å². The summed E-state index contributed by atoms with van der Waals surface area (Å²) in [6, 6.07) is 3.44. The molecule has 1 aliphatic heterocycles. The van der Waals surface area contributed by atoms with Gasteiger partial charge in [-0.3, -0.25) is 15.4 Å². The van der Waals surface area contributed by atoms with E-state index in [1.165, 1.54) is 38.5 Å². The molecule has 4 rings (SSSR count). The number of methoxy groups -OCH3 is 1. The summed E-state index contributed by atoms with van der Waals surface area (Å²) in [4.78, 5) is 18.0. The lowest BCUT2D eigenvalue weighted by molar-refractivity contribution is -0.139. The molecule has 0 spiro atoms. The van der Waals surface area contributed by atoms with Gasteiger partial charge in [-0.2, -0.15) is 18.2 Å². The Labute approximate surface area is 213 Å². The van der Waals surface area contributed by atoms with Gasteiger partial charge in [0.15, 0.2) is 0 Å². The molecule has 2 aliphatic rings. The third kappa shape index (κ3) is 6.99. The number of halogens is 3. The van der Waals surface area contributed by atoms with Gasteiger partial charge in [0.2, 0.25) is 17.6 Å². The van der Waals surface area contributed by atoms with Crippen molar-refractivity contribution in [2.24, 2.45) is 11.7 Å². The number of nitrogens with two attached hydrogens (primary N) is 1. The van der Waals surface area contributed by atoms with Gasteiger partial charge in [-0.05, 0) is 43.4 Å². The van der Waals surface area contributed by atoms with Crippen LogP contribution in [-0.2, 0) is 15.7 Å². The summed E-state index contributed by atoms with van der Waals surface area (Å²) >= 11 is 0. The van der Waals surface area contributed by atoms with E-state index in [-0.39, 0.29) is 48.2 Å². The SMILES string of the molecule is COCC(=O)NC(N)N1CCCC1c1nc(-c2ccc(OCCC3CCCCC3)c(C(F)(F)F)c2)no1. The van der Waals surface area contributed by atoms with Crippen LogP contribution in [0.5, 0.6) is 5.75 Å². The van der Waals surface area contributed by atoms with Gasteiger partial charge in [0.25, 0.3) is 0 Å². The molecule has 2 heterocycles. The van der Waals surface area contributed by atoms with E-state index < -0.39 is 18.0 Å². The zero-order chi connectivity index (χ0) is 26.4. The van der Waals surface area contributed by atoms with Crippen LogP contribution in [0.15, 0.2) is 22.7 Å². The molecular formula is C25H34F3N5O4. The number of likely N-dealkylation sites (tertiary alicyclic amines) is 1. The smallest absolute Gasteiger partial charge is 0.419 e. The lowest BCUT2D eigenvalue weighted by Crippen LogP contribution is -2.54. The first-order valence-corrected chi connectivity index (χ1v) is 12.7. The number of rotatable bonds is 10. The van der Waals surface area contributed by atoms with Crippen molar-refractivity contribution >= 4 is 5.91 Å². The van der Waals surface area contributed by atoms with E-state index in [2.05, 4.69) is 15.5 Å². The second-order valence-electron chi connectivity index (χ2n) is 9.65. The van der Waals surface area contributed by atoms with Crippen molar-refractivity contribution in [2.45, 2.75) is 69.9 Å². The second-order valence-corrected chi connectivity index (χ2v) is 9.65. The first-order chi connectivity index (χ1) is 17.8. The Balaban J connectivity index is 1.46. The summed E-state index contributed by atoms with van der Waals surface area (Å²) in [7, 11) is 1.41. The monoisotopic (exact) mass is 525 g/mol. The maximum atomic E-state index is 13.9. The lowest BCUT2D eigenvalue weighted by Gasteiger charge is -2.28. The van der Waals surface area contributed by atoms with Crippen LogP contribution in [0, 0.1) is 5.92 Å². The van der Waals surface area contributed by atoms with Crippen molar-refractivity contribution in [2.75, 3.05) is 26.9 Å². The zero-order valence-corrected chi connectivity index (χ0v) is 20.9. The van der Waals surface area contributed by atoms with Crippen LogP contribution in [0.4, 0.5) is 13.2 Å². The molecule has 204 valence electrons. The number of nitrogens with zero attached hydrogens (tertiary/aromatic N) is 3. The van der Waals surface area contributed by atoms with Crippen LogP contribution in [0.3, 0.4) is 0 Å². The average Bonchev–Trinajstić information content (AvgIpc) is 3.54. The van der Waals surface area contributed by atoms with Crippen LogP contribution in [-0.4, -0.2) is 54.1 Å². The van der Waals surface area contributed by atoms with Crippen molar-refractivity contribution in [1.29, 1.82) is 0 Å². The van der Waals surface area contributed by atoms with Crippen LogP contribution >= 0.6 is 0 Å². The summed E-state index contributed by atoms with van der Waals surface area (Å²) < 4.78 is 57.4. The van der Waals surface area contributed by atoms with Gasteiger partial charge in [-0.1, -0.05) is 37.3 Å². The summed E-state index contributed by atoms with van der Waals surface area (Å²) in [5.41, 5.74) is 5.44. The van der Waals surface area contributed by atoms with Gasteiger partial charge in [0.05, 0.1) is 18.2 Å². The van der Waals surface area contributed by atoms with E-state index in [1.54, 1.807) is 4.90 Å². The Morgan fingerprint density at radius 3 is 2.76 bits per heavy atom. The van der Waals surface area contributed by atoms with Gasteiger partial charge in [-0.15, -0.1) is 0 Å². The number of hydrogen-bond donors (Lipinski definition) is 2. The van der Waals surface area contributed by atoms with Crippen LogP contribution in [0.25, 0.3) is 11.4 Å². The Kier molecular flexibility index (Phi) is 9.04. The molecule has 1 amide bonds. The third-order valence-corrected chi connectivity index (χ3v) is 7.01. The topological polar surface area (TPSA) is 116 Å². The minimum absolute atomic E-state index is 0.0399. The second kappa shape index (κ2) is 12.2. The van der Waals surface area contributed by atoms with Gasteiger partial charge in [0, 0.05) is 19.2 Å². The molecule has 2 aromatic rings. The molecule has 1 aliphatic carbocycles. The number of aromatic nitrogens is 2. The summed E-state index contributed by atoms with van der Waals surface area (Å²) in [5, 5.41) is 6.56. The number of nitrogens with one attached hydrogen (secondary N) is 1. The highest BCUT2D eigenvalue weighted by atomic mass is 19.4. The molecule has 1 saturated heterocycles. The summed E-state index contributed by atoms with van der Waals surface area (Å²) in [6.07, 6.45) is 2.57. The fourth-order valence-corrected chi connectivity index (χ4v) is 5.12. The first-order valence-electron chi connectivity index (χ1n) is 12.7. The van der Waals surface area contributed by atoms with Gasteiger partial charge in [-0.25, -0.2) is 0 Å². The number of amides is 1. The van der Waals surface area contributed by atoms with Crippen LogP contribution in [0.1, 0.15) is 68.9 Å². The largest absolute Gasteiger partial charge is 0.493 e. The number of carbonyl (C=O) groups is 1. The minimum atomic E-state index is -4.60. The molecule has 2 unspecified atom stereocenters. The molecule has 1 aromatic heterocycles. The maximum Gasteiger partial charge on any atom is 0.419 e. The quantitative estimate of drug-likeness (QED) is 0.443. The Morgan fingerprint density at radius 2 is 2.03 bits per heavy atom. The van der Waals surface area contributed by atoms with E-state index in [0.717, 1.165) is 31.7 Å². The van der Waals surface area contributed by atoms with E-state index >= 15 is 0 Å². The number of benzene rings is 1. The van der Waals surface area contributed by atoms with Crippen molar-refractivity contribution in [1.82, 2.24) is 20.4 Å². The Hall–Kier alpha value is -2.70. The van der Waals surface area contributed by atoms with E-state index in [1.807, 2.05) is 0 Å². The molecule has 3 N–H and O–H groups in total. The fraction of sp³-hybridized carbons (Fsp3) is 0.640. The maximum absolute atomic E-state index is 13.9. The van der Waals surface area contributed by atoms with Crippen molar-refractivity contribution in [3.05, 3.63) is 29.7 Å². The predicted molar refractivity (Wildman–Crippen MR) is 128 cm³/mol. The number of hydrogen-bond acceptors (Lipinski definition) is 8. The number of carbonyl (C=O) groups excluding carboxylic acids is 1. The predicted octanol–water partition coefficient (Wildman–Crippen LogP) is 4.25. The summed E-state index contributed by atoms with van der Waals surface area (Å²) in [6.45, 7) is 0.707. The molecule has 2 atom stereocenters. The highest BCUT2D eigenvalue weighted by Gasteiger charge is 2.37. The molecule has 0 radical (unpaired) electrons. The fourth-order valence-electron chi connectivity index (χ4n) is 5.12. The van der Waals surface area contributed by atoms with Gasteiger partial charge < -0.3 is 19.3 Å². The lowest BCUT2D eigenvalue weighted by atomic mass is 9.87. The third-order valence-electron chi connectivity index (χ3n) is 7.01.